The Bertz CT molecular complexity index is 1190. The van der Waals surface area contributed by atoms with Crippen molar-refractivity contribution >= 4 is 29.8 Å². The first kappa shape index (κ1) is 26.7. The molecule has 2 amide bonds. The van der Waals surface area contributed by atoms with Crippen molar-refractivity contribution in [1.82, 2.24) is 25.0 Å². The van der Waals surface area contributed by atoms with Gasteiger partial charge in [-0.3, -0.25) is 19.2 Å². The molecular formula is C22H27F3N8O3. The molecule has 14 heteroatoms. The number of nitrogens with zero attached hydrogens (tertiary/aromatic N) is 5. The summed E-state index contributed by atoms with van der Waals surface area (Å²) in [4.78, 5) is 34.5. The molecule has 4 N–H and O–H groups in total. The molecule has 3 rings (SSSR count). The molecule has 0 saturated carbocycles. The molecule has 1 aliphatic heterocycles. The molecule has 0 unspecified atom stereocenters. The lowest BCUT2D eigenvalue weighted by molar-refractivity contribution is -0.123. The maximum Gasteiger partial charge on any atom is 0.405 e. The van der Waals surface area contributed by atoms with E-state index in [0.29, 0.717) is 6.04 Å². The number of aromatic nitrogens is 3. The number of oxazole rings is 1. The van der Waals surface area contributed by atoms with Gasteiger partial charge in [-0.25, -0.2) is 9.98 Å². The van der Waals surface area contributed by atoms with E-state index in [0.717, 1.165) is 19.4 Å². The second-order valence-corrected chi connectivity index (χ2v) is 8.33. The van der Waals surface area contributed by atoms with Crippen molar-refractivity contribution in [2.45, 2.75) is 39.0 Å². The number of nitrogens with two attached hydrogens (primary N) is 1. The van der Waals surface area contributed by atoms with Crippen molar-refractivity contribution in [3.63, 3.8) is 0 Å². The summed E-state index contributed by atoms with van der Waals surface area (Å²) in [5, 5.41) is 8.91. The first-order valence-corrected chi connectivity index (χ1v) is 11.0. The van der Waals surface area contributed by atoms with Crippen molar-refractivity contribution in [1.29, 1.82) is 0 Å². The van der Waals surface area contributed by atoms with Crippen molar-refractivity contribution in [2.24, 2.45) is 10.7 Å². The molecule has 0 aliphatic carbocycles. The number of rotatable bonds is 10. The van der Waals surface area contributed by atoms with Crippen LogP contribution < -0.4 is 16.4 Å². The lowest BCUT2D eigenvalue weighted by atomic mass is 10.1. The Kier molecular flexibility index (Phi) is 7.97. The Morgan fingerprint density at radius 1 is 1.39 bits per heavy atom. The van der Waals surface area contributed by atoms with E-state index >= 15 is 0 Å². The highest BCUT2D eigenvalue weighted by atomic mass is 19.4. The minimum absolute atomic E-state index is 0.0355. The van der Waals surface area contributed by atoms with Gasteiger partial charge in [-0.05, 0) is 33.6 Å². The molecule has 194 valence electrons. The fourth-order valence-electron chi connectivity index (χ4n) is 3.39. The maximum atomic E-state index is 12.8. The van der Waals surface area contributed by atoms with E-state index in [9.17, 15) is 22.8 Å². The highest BCUT2D eigenvalue weighted by Crippen LogP contribution is 2.26. The van der Waals surface area contributed by atoms with Crippen LogP contribution in [0.15, 0.2) is 39.8 Å². The van der Waals surface area contributed by atoms with Gasteiger partial charge in [-0.2, -0.15) is 18.3 Å². The van der Waals surface area contributed by atoms with E-state index in [1.165, 1.54) is 18.3 Å². The average Bonchev–Trinajstić information content (AvgIpc) is 3.40. The van der Waals surface area contributed by atoms with Crippen LogP contribution >= 0.6 is 0 Å². The Hall–Kier alpha value is -3.94. The number of halogens is 3. The molecule has 0 radical (unpaired) electrons. The van der Waals surface area contributed by atoms with Gasteiger partial charge >= 0.3 is 6.18 Å². The molecule has 1 saturated heterocycles. The predicted octanol–water partition coefficient (Wildman–Crippen LogP) is 2.58. The van der Waals surface area contributed by atoms with Gasteiger partial charge in [0.15, 0.2) is 11.4 Å². The Morgan fingerprint density at radius 3 is 2.64 bits per heavy atom. The molecular weight excluding hydrogens is 481 g/mol. The van der Waals surface area contributed by atoms with Crippen molar-refractivity contribution < 1.29 is 27.2 Å². The van der Waals surface area contributed by atoms with Crippen LogP contribution in [0.25, 0.3) is 5.57 Å². The molecule has 2 aromatic rings. The minimum Gasteiger partial charge on any atom is -0.444 e. The van der Waals surface area contributed by atoms with E-state index in [4.69, 9.17) is 10.2 Å². The minimum atomic E-state index is -4.45. The number of hydrogen-bond donors (Lipinski definition) is 3. The number of anilines is 1. The monoisotopic (exact) mass is 508 g/mol. The Labute approximate surface area is 204 Å². The van der Waals surface area contributed by atoms with Crippen LogP contribution in [0.2, 0.25) is 0 Å². The second kappa shape index (κ2) is 10.8. The zero-order valence-electron chi connectivity index (χ0n) is 20.0. The fraction of sp³-hybridized carbons (Fsp3) is 0.409. The largest absolute Gasteiger partial charge is 0.444 e. The van der Waals surface area contributed by atoms with Crippen molar-refractivity contribution in [3.05, 3.63) is 47.7 Å². The standard InChI is InChI=1S/C22H27F3N8O3/c1-5-13(6-17(27-4)28-11-22(23,24)25)21-30-16(10-36-21)20(35)29-15-9-33(31-18(15)19(26)34)14-7-32(8-14)12(2)3/h5-6,9-10,12,14,28H,4,7-8,11H2,1-3H3,(H2,26,34)(H,29,35)/b13-5+,17-6+. The number of hydrogen-bond acceptors (Lipinski definition) is 8. The lowest BCUT2D eigenvalue weighted by Crippen LogP contribution is -2.51. The number of carbonyl (C=O) groups is 2. The number of aliphatic imine (C=N–C) groups is 1. The van der Waals surface area contributed by atoms with Crippen LogP contribution in [0.1, 0.15) is 53.7 Å². The van der Waals surface area contributed by atoms with Gasteiger partial charge < -0.3 is 20.8 Å². The zero-order valence-corrected chi connectivity index (χ0v) is 20.0. The number of likely N-dealkylation sites (tertiary alicyclic amines) is 1. The number of primary amides is 1. The molecule has 11 nitrogen and oxygen atoms in total. The lowest BCUT2D eigenvalue weighted by Gasteiger charge is -2.41. The predicted molar refractivity (Wildman–Crippen MR) is 126 cm³/mol. The van der Waals surface area contributed by atoms with Gasteiger partial charge in [0.25, 0.3) is 11.8 Å². The first-order valence-electron chi connectivity index (χ1n) is 11.0. The number of alkyl halides is 3. The molecule has 0 atom stereocenters. The summed E-state index contributed by atoms with van der Waals surface area (Å²) < 4.78 is 44.4. The van der Waals surface area contributed by atoms with Gasteiger partial charge in [0.1, 0.15) is 18.6 Å². The summed E-state index contributed by atoms with van der Waals surface area (Å²) in [5.74, 6) is -1.69. The van der Waals surface area contributed by atoms with Gasteiger partial charge in [-0.15, -0.1) is 0 Å². The zero-order chi connectivity index (χ0) is 26.6. The molecule has 3 heterocycles. The third-order valence-corrected chi connectivity index (χ3v) is 5.44. The summed E-state index contributed by atoms with van der Waals surface area (Å²) >= 11 is 0. The topological polar surface area (TPSA) is 144 Å². The summed E-state index contributed by atoms with van der Waals surface area (Å²) in [7, 11) is 0. The SMILES string of the molecule is C=N/C(=C\C(=C/C)c1nc(C(=O)Nc2cn(C3CN(C(C)C)C3)nc2C(N)=O)co1)NCC(F)(F)F. The fourth-order valence-corrected chi connectivity index (χ4v) is 3.39. The molecule has 36 heavy (non-hydrogen) atoms. The molecule has 0 spiro atoms. The molecule has 1 fully saturated rings. The summed E-state index contributed by atoms with van der Waals surface area (Å²) in [6, 6.07) is 0.418. The van der Waals surface area contributed by atoms with Gasteiger partial charge in [0.2, 0.25) is 5.89 Å². The number of carbonyl (C=O) groups excluding carboxylic acids is 2. The normalized spacial score (nSPS) is 15.6. The van der Waals surface area contributed by atoms with Crippen LogP contribution in [0, 0.1) is 0 Å². The summed E-state index contributed by atoms with van der Waals surface area (Å²) in [5.41, 5.74) is 5.60. The van der Waals surface area contributed by atoms with E-state index in [1.54, 1.807) is 11.6 Å². The summed E-state index contributed by atoms with van der Waals surface area (Å²) in [6.07, 6.45) is 0.934. The highest BCUT2D eigenvalue weighted by Gasteiger charge is 2.32. The average molecular weight is 509 g/mol. The van der Waals surface area contributed by atoms with Crippen molar-refractivity contribution in [2.75, 3.05) is 25.0 Å². The number of allylic oxidation sites excluding steroid dienone is 3. The second-order valence-electron chi connectivity index (χ2n) is 8.33. The van der Waals surface area contributed by atoms with E-state index in [2.05, 4.69) is 51.2 Å². The van der Waals surface area contributed by atoms with E-state index < -0.39 is 24.5 Å². The Balaban J connectivity index is 1.74. The van der Waals surface area contributed by atoms with E-state index in [1.807, 2.05) is 0 Å². The van der Waals surface area contributed by atoms with Crippen LogP contribution in [-0.2, 0) is 0 Å². The van der Waals surface area contributed by atoms with Gasteiger partial charge in [0.05, 0.1) is 11.7 Å². The number of amides is 2. The quantitative estimate of drug-likeness (QED) is 0.331. The van der Waals surface area contributed by atoms with Crippen LogP contribution in [-0.4, -0.2) is 70.0 Å². The Morgan fingerprint density at radius 2 is 2.08 bits per heavy atom. The van der Waals surface area contributed by atoms with Crippen molar-refractivity contribution in [3.8, 4) is 0 Å². The molecule has 2 aromatic heterocycles. The van der Waals surface area contributed by atoms with Crippen LogP contribution in [0.4, 0.5) is 18.9 Å². The van der Waals surface area contributed by atoms with Crippen LogP contribution in [0.5, 0.6) is 0 Å². The maximum absolute atomic E-state index is 12.8. The van der Waals surface area contributed by atoms with E-state index in [-0.39, 0.29) is 40.4 Å². The smallest absolute Gasteiger partial charge is 0.405 e. The molecule has 1 aliphatic rings. The van der Waals surface area contributed by atoms with Gasteiger partial charge in [-0.1, -0.05) is 6.08 Å². The first-order chi connectivity index (χ1) is 16.9. The summed E-state index contributed by atoms with van der Waals surface area (Å²) in [6.45, 7) is 9.19. The number of nitrogens with one attached hydrogen (secondary N) is 2. The van der Waals surface area contributed by atoms with Crippen LogP contribution in [0.3, 0.4) is 0 Å². The van der Waals surface area contributed by atoms with Gasteiger partial charge in [0, 0.05) is 30.9 Å². The molecule has 0 aromatic carbocycles. The third kappa shape index (κ3) is 6.38. The highest BCUT2D eigenvalue weighted by molar-refractivity contribution is 6.07. The molecule has 0 bridgehead atoms. The third-order valence-electron chi connectivity index (χ3n) is 5.44.